The number of nitrogens with zero attached hydrogens (tertiary/aromatic N) is 2. The van der Waals surface area contributed by atoms with E-state index in [0.29, 0.717) is 13.1 Å². The minimum atomic E-state index is -0.149. The van der Waals surface area contributed by atoms with Gasteiger partial charge in [0.15, 0.2) is 0 Å². The van der Waals surface area contributed by atoms with E-state index >= 15 is 0 Å². The lowest BCUT2D eigenvalue weighted by molar-refractivity contribution is -0.0672. The van der Waals surface area contributed by atoms with E-state index in [1.807, 2.05) is 24.3 Å². The summed E-state index contributed by atoms with van der Waals surface area (Å²) in [7, 11) is 0. The summed E-state index contributed by atoms with van der Waals surface area (Å²) in [6.07, 6.45) is 0.503. The number of para-hydroxylation sites is 1. The Balaban J connectivity index is 1.38. The normalized spacial score (nSPS) is 21.8. The van der Waals surface area contributed by atoms with Gasteiger partial charge in [0.05, 0.1) is 29.0 Å². The molecule has 2 aromatic rings. The number of fused-ring (bicyclic) bond motifs is 1. The van der Waals surface area contributed by atoms with Crippen molar-refractivity contribution in [2.24, 2.45) is 0 Å². The third-order valence-electron chi connectivity index (χ3n) is 3.95. The molecule has 0 saturated carbocycles. The molecule has 2 heterocycles. The highest BCUT2D eigenvalue weighted by atomic mass is 32.1. The number of thiazole rings is 1. The first-order valence-electron chi connectivity index (χ1n) is 8.34. The van der Waals surface area contributed by atoms with Crippen molar-refractivity contribution in [3.63, 3.8) is 0 Å². The Morgan fingerprint density at radius 2 is 2.04 bits per heavy atom. The molecule has 2 unspecified atom stereocenters. The number of nitrogens with one attached hydrogen (secondary N) is 2. The summed E-state index contributed by atoms with van der Waals surface area (Å²) in [5, 5.41) is 6.70. The molecule has 1 fully saturated rings. The van der Waals surface area contributed by atoms with Crippen LogP contribution in [0.3, 0.4) is 0 Å². The molecule has 1 aromatic heterocycles. The molecule has 0 bridgehead atoms. The minimum Gasteiger partial charge on any atom is -0.373 e. The van der Waals surface area contributed by atoms with Gasteiger partial charge in [-0.15, -0.1) is 11.3 Å². The van der Waals surface area contributed by atoms with Crippen LogP contribution in [0.4, 0.5) is 4.79 Å². The largest absolute Gasteiger partial charge is 0.373 e. The van der Waals surface area contributed by atoms with E-state index in [-0.39, 0.29) is 18.2 Å². The first kappa shape index (κ1) is 17.1. The molecule has 24 heavy (non-hydrogen) atoms. The van der Waals surface area contributed by atoms with Crippen LogP contribution >= 0.6 is 11.3 Å². The molecule has 1 aliphatic rings. The van der Waals surface area contributed by atoms with E-state index in [9.17, 15) is 4.79 Å². The molecule has 1 aliphatic heterocycles. The second kappa shape index (κ2) is 7.92. The van der Waals surface area contributed by atoms with Gasteiger partial charge < -0.3 is 15.4 Å². The van der Waals surface area contributed by atoms with Crippen LogP contribution < -0.4 is 10.6 Å². The highest BCUT2D eigenvalue weighted by Crippen LogP contribution is 2.21. The number of urea groups is 1. The maximum atomic E-state index is 11.9. The van der Waals surface area contributed by atoms with Gasteiger partial charge in [0, 0.05) is 26.2 Å². The average molecular weight is 348 g/mol. The van der Waals surface area contributed by atoms with Gasteiger partial charge in [0.2, 0.25) is 0 Å². The molecule has 130 valence electrons. The fraction of sp³-hybridized carbons (Fsp3) is 0.529. The van der Waals surface area contributed by atoms with Crippen molar-refractivity contribution in [1.82, 2.24) is 20.5 Å². The highest BCUT2D eigenvalue weighted by Gasteiger charge is 2.21. The molecule has 7 heteroatoms. The predicted molar refractivity (Wildman–Crippen MR) is 96.3 cm³/mol. The molecule has 2 atom stereocenters. The standard InChI is InChI=1S/C17H24N4O2S/c1-12-10-21(11-13(2)23-12)8-7-18-17(22)19-9-16-20-14-5-3-4-6-15(14)24-16/h3-6,12-13H,7-11H2,1-2H3,(H2,18,19,22). The number of hydrogen-bond donors (Lipinski definition) is 2. The molecule has 2 amide bonds. The third kappa shape index (κ3) is 4.66. The van der Waals surface area contributed by atoms with Gasteiger partial charge >= 0.3 is 6.03 Å². The zero-order chi connectivity index (χ0) is 16.9. The Labute approximate surface area is 146 Å². The zero-order valence-corrected chi connectivity index (χ0v) is 14.9. The predicted octanol–water partition coefficient (Wildman–Crippen LogP) is 2.20. The maximum Gasteiger partial charge on any atom is 0.315 e. The first-order valence-corrected chi connectivity index (χ1v) is 9.16. The van der Waals surface area contributed by atoms with Gasteiger partial charge in [0.25, 0.3) is 0 Å². The topological polar surface area (TPSA) is 66.5 Å². The van der Waals surface area contributed by atoms with Crippen LogP contribution in [-0.2, 0) is 11.3 Å². The summed E-state index contributed by atoms with van der Waals surface area (Å²) in [4.78, 5) is 18.7. The van der Waals surface area contributed by atoms with Gasteiger partial charge in [-0.1, -0.05) is 12.1 Å². The number of carbonyl (C=O) groups excluding carboxylic acids is 1. The number of morpholine rings is 1. The molecule has 0 radical (unpaired) electrons. The maximum absolute atomic E-state index is 11.9. The smallest absolute Gasteiger partial charge is 0.315 e. The number of amides is 2. The van der Waals surface area contributed by atoms with Gasteiger partial charge in [-0.3, -0.25) is 4.90 Å². The summed E-state index contributed by atoms with van der Waals surface area (Å²) < 4.78 is 6.85. The molecule has 2 N–H and O–H groups in total. The van der Waals surface area contributed by atoms with E-state index in [1.165, 1.54) is 0 Å². The van der Waals surface area contributed by atoms with Crippen molar-refractivity contribution in [3.05, 3.63) is 29.3 Å². The van der Waals surface area contributed by atoms with Gasteiger partial charge in [-0.25, -0.2) is 9.78 Å². The van der Waals surface area contributed by atoms with Crippen LogP contribution in [0.15, 0.2) is 24.3 Å². The fourth-order valence-corrected chi connectivity index (χ4v) is 3.92. The Kier molecular flexibility index (Phi) is 5.65. The Morgan fingerprint density at radius 1 is 1.29 bits per heavy atom. The first-order chi connectivity index (χ1) is 11.6. The molecule has 0 spiro atoms. The summed E-state index contributed by atoms with van der Waals surface area (Å²) in [5.41, 5.74) is 0.982. The van der Waals surface area contributed by atoms with E-state index in [0.717, 1.165) is 34.9 Å². The summed E-state index contributed by atoms with van der Waals surface area (Å²) >= 11 is 1.61. The molecule has 1 saturated heterocycles. The van der Waals surface area contributed by atoms with Crippen molar-refractivity contribution in [2.75, 3.05) is 26.2 Å². The van der Waals surface area contributed by atoms with E-state index in [1.54, 1.807) is 11.3 Å². The van der Waals surface area contributed by atoms with Crippen molar-refractivity contribution in [1.29, 1.82) is 0 Å². The quantitative estimate of drug-likeness (QED) is 0.869. The van der Waals surface area contributed by atoms with Gasteiger partial charge in [0.1, 0.15) is 5.01 Å². The second-order valence-electron chi connectivity index (χ2n) is 6.20. The van der Waals surface area contributed by atoms with Crippen molar-refractivity contribution in [2.45, 2.75) is 32.6 Å². The number of ether oxygens (including phenoxy) is 1. The fourth-order valence-electron chi connectivity index (χ4n) is 3.01. The Morgan fingerprint density at radius 3 is 2.79 bits per heavy atom. The van der Waals surface area contributed by atoms with Crippen LogP contribution in [0, 0.1) is 0 Å². The van der Waals surface area contributed by atoms with Crippen LogP contribution in [0.2, 0.25) is 0 Å². The number of aromatic nitrogens is 1. The van der Waals surface area contributed by atoms with Crippen LogP contribution in [0.25, 0.3) is 10.2 Å². The second-order valence-corrected chi connectivity index (χ2v) is 7.32. The van der Waals surface area contributed by atoms with E-state index in [2.05, 4.69) is 34.4 Å². The molecule has 1 aromatic carbocycles. The summed E-state index contributed by atoms with van der Waals surface area (Å²) in [5.74, 6) is 0. The van der Waals surface area contributed by atoms with Gasteiger partial charge in [-0.2, -0.15) is 0 Å². The van der Waals surface area contributed by atoms with Crippen LogP contribution in [0.5, 0.6) is 0 Å². The lowest BCUT2D eigenvalue weighted by atomic mass is 10.2. The Hall–Kier alpha value is -1.70. The summed E-state index contributed by atoms with van der Waals surface area (Å²) in [6, 6.07) is 7.85. The van der Waals surface area contributed by atoms with Crippen molar-refractivity contribution < 1.29 is 9.53 Å². The average Bonchev–Trinajstić information content (AvgIpc) is 2.95. The van der Waals surface area contributed by atoms with Gasteiger partial charge in [-0.05, 0) is 26.0 Å². The molecule has 3 rings (SSSR count). The Bertz CT molecular complexity index is 647. The third-order valence-corrected chi connectivity index (χ3v) is 4.98. The molecule has 6 nitrogen and oxygen atoms in total. The zero-order valence-electron chi connectivity index (χ0n) is 14.1. The number of benzene rings is 1. The number of carbonyl (C=O) groups is 1. The van der Waals surface area contributed by atoms with Crippen LogP contribution in [0.1, 0.15) is 18.9 Å². The molecule has 0 aliphatic carbocycles. The van der Waals surface area contributed by atoms with Crippen molar-refractivity contribution in [3.8, 4) is 0 Å². The SMILES string of the molecule is CC1CN(CCNC(=O)NCc2nc3ccccc3s2)CC(C)O1. The highest BCUT2D eigenvalue weighted by molar-refractivity contribution is 7.18. The monoisotopic (exact) mass is 348 g/mol. The number of rotatable bonds is 5. The van der Waals surface area contributed by atoms with Crippen LogP contribution in [-0.4, -0.2) is 54.3 Å². The summed E-state index contributed by atoms with van der Waals surface area (Å²) in [6.45, 7) is 7.93. The molecular weight excluding hydrogens is 324 g/mol. The number of hydrogen-bond acceptors (Lipinski definition) is 5. The van der Waals surface area contributed by atoms with E-state index in [4.69, 9.17) is 4.74 Å². The van der Waals surface area contributed by atoms with Crippen molar-refractivity contribution >= 4 is 27.6 Å². The molecular formula is C17H24N4O2S. The van der Waals surface area contributed by atoms with E-state index < -0.39 is 0 Å². The lowest BCUT2D eigenvalue weighted by Gasteiger charge is -2.35. The lowest BCUT2D eigenvalue weighted by Crippen LogP contribution is -2.48. The minimum absolute atomic E-state index is 0.149.